The minimum absolute atomic E-state index is 0.196. The molecule has 1 aromatic heterocycles. The van der Waals surface area contributed by atoms with Crippen molar-refractivity contribution < 1.29 is 0 Å². The fraction of sp³-hybridized carbons (Fsp3) is 0.354. The summed E-state index contributed by atoms with van der Waals surface area (Å²) in [5, 5.41) is 2.61. The van der Waals surface area contributed by atoms with Gasteiger partial charge >= 0.3 is 0 Å². The minimum Gasteiger partial charge on any atom is -0.310 e. The van der Waals surface area contributed by atoms with Crippen LogP contribution in [0.15, 0.2) is 158 Å². The standard InChI is InChI=1S/C65H62N2/c1-63(2)58-25-24-55-57-33-48(47-9-5-3-6-10-47)13-26-60(57)67(51-11-7-4-8-12-51)62(55)61(58)56-23-22-54(34-59(56)63)66(52-18-14-49(15-19-52)64-35-41-27-42(36-64)29-43(28-41)37-64)53-20-16-50(17-21-53)65-38-44-30-45(39-65)32-46(31-44)40-65/h3-26,33-34,41-46H,27-32,35-40H2,1-2H3. The minimum atomic E-state index is -0.196. The summed E-state index contributed by atoms with van der Waals surface area (Å²) in [6.45, 7) is 4.92. The molecule has 0 unspecified atom stereocenters. The van der Waals surface area contributed by atoms with Crippen molar-refractivity contribution in [3.8, 4) is 27.9 Å². The molecule has 7 aromatic carbocycles. The quantitative estimate of drug-likeness (QED) is 0.155. The highest BCUT2D eigenvalue weighted by atomic mass is 15.1. The molecule has 8 saturated carbocycles. The molecule has 0 saturated heterocycles. The van der Waals surface area contributed by atoms with Gasteiger partial charge < -0.3 is 9.47 Å². The second-order valence-electron chi connectivity index (χ2n) is 23.8. The largest absolute Gasteiger partial charge is 0.310 e. The van der Waals surface area contributed by atoms with Crippen LogP contribution in [0.1, 0.15) is 113 Å². The monoisotopic (exact) mass is 870 g/mol. The predicted molar refractivity (Wildman–Crippen MR) is 278 cm³/mol. The summed E-state index contributed by atoms with van der Waals surface area (Å²) in [4.78, 5) is 2.59. The molecule has 0 amide bonds. The zero-order chi connectivity index (χ0) is 44.2. The van der Waals surface area contributed by atoms with Gasteiger partial charge in [0.1, 0.15) is 0 Å². The van der Waals surface area contributed by atoms with Gasteiger partial charge in [-0.1, -0.05) is 111 Å². The first kappa shape index (κ1) is 39.2. The van der Waals surface area contributed by atoms with E-state index in [2.05, 4.69) is 181 Å². The van der Waals surface area contributed by atoms with Gasteiger partial charge in [-0.15, -0.1) is 0 Å². The Hall–Kier alpha value is -5.86. The first-order valence-electron chi connectivity index (χ1n) is 26.2. The third kappa shape index (κ3) is 5.80. The first-order valence-corrected chi connectivity index (χ1v) is 26.2. The highest BCUT2D eigenvalue weighted by molar-refractivity contribution is 6.16. The third-order valence-corrected chi connectivity index (χ3v) is 19.5. The molecular weight excluding hydrogens is 809 g/mol. The Balaban J connectivity index is 0.877. The molecule has 332 valence electrons. The van der Waals surface area contributed by atoms with Crippen molar-refractivity contribution in [1.82, 2.24) is 4.57 Å². The molecule has 8 fully saturated rings. The molecule has 0 atom stereocenters. The van der Waals surface area contributed by atoms with Crippen LogP contribution >= 0.6 is 0 Å². The molecular formula is C65H62N2. The number of nitrogens with zero attached hydrogens (tertiary/aromatic N) is 2. The van der Waals surface area contributed by atoms with Crippen molar-refractivity contribution in [3.05, 3.63) is 180 Å². The SMILES string of the molecule is CC1(C)c2cc(N(c3ccc(C45CC6CC(CC(C6)C4)C5)cc3)c3ccc(C45CC6CC(CC(C6)C4)C5)cc3)ccc2-c2c1ccc1c3cc(-c4ccccc4)ccc3n(-c3ccccc3)c21. The maximum atomic E-state index is 2.59. The van der Waals surface area contributed by atoms with Crippen LogP contribution in [0.2, 0.25) is 0 Å². The first-order chi connectivity index (χ1) is 32.8. The number of hydrogen-bond donors (Lipinski definition) is 0. The lowest BCUT2D eigenvalue weighted by molar-refractivity contribution is -0.00529. The van der Waals surface area contributed by atoms with E-state index in [9.17, 15) is 0 Å². The van der Waals surface area contributed by atoms with Crippen molar-refractivity contribution in [2.24, 2.45) is 35.5 Å². The number of hydrogen-bond acceptors (Lipinski definition) is 1. The average Bonchev–Trinajstić information content (AvgIpc) is 3.79. The average molecular weight is 871 g/mol. The lowest BCUT2D eigenvalue weighted by Crippen LogP contribution is -2.48. The van der Waals surface area contributed by atoms with E-state index in [1.807, 2.05) is 0 Å². The lowest BCUT2D eigenvalue weighted by Gasteiger charge is -2.57. The van der Waals surface area contributed by atoms with Crippen LogP contribution in [0.4, 0.5) is 17.1 Å². The summed E-state index contributed by atoms with van der Waals surface area (Å²) < 4.78 is 2.54. The van der Waals surface area contributed by atoms with Gasteiger partial charge in [-0.3, -0.25) is 0 Å². The lowest BCUT2D eigenvalue weighted by atomic mass is 9.48. The molecule has 9 aliphatic carbocycles. The molecule has 0 aliphatic heterocycles. The van der Waals surface area contributed by atoms with Crippen molar-refractivity contribution >= 4 is 38.9 Å². The van der Waals surface area contributed by atoms with Crippen LogP contribution in [0, 0.1) is 35.5 Å². The van der Waals surface area contributed by atoms with Crippen LogP contribution in [-0.4, -0.2) is 4.57 Å². The number of aromatic nitrogens is 1. The van der Waals surface area contributed by atoms with Crippen molar-refractivity contribution in [2.75, 3.05) is 4.90 Å². The topological polar surface area (TPSA) is 8.17 Å². The van der Waals surface area contributed by atoms with Gasteiger partial charge in [-0.05, 0) is 223 Å². The summed E-state index contributed by atoms with van der Waals surface area (Å²) in [5.74, 6) is 5.64. The molecule has 0 N–H and O–H groups in total. The molecule has 8 bridgehead atoms. The Bertz CT molecular complexity index is 3100. The van der Waals surface area contributed by atoms with Crippen molar-refractivity contribution in [2.45, 2.75) is 107 Å². The Morgan fingerprint density at radius 1 is 0.433 bits per heavy atom. The van der Waals surface area contributed by atoms with Gasteiger partial charge in [0.15, 0.2) is 0 Å². The molecule has 9 aliphatic rings. The summed E-state index contributed by atoms with van der Waals surface area (Å²) in [6.07, 6.45) is 17.3. The van der Waals surface area contributed by atoms with E-state index in [0.717, 1.165) is 35.5 Å². The Kier molecular flexibility index (Phi) is 8.24. The summed E-state index contributed by atoms with van der Waals surface area (Å²) in [5.41, 5.74) is 19.4. The van der Waals surface area contributed by atoms with Crippen molar-refractivity contribution in [3.63, 3.8) is 0 Å². The zero-order valence-corrected chi connectivity index (χ0v) is 39.4. The van der Waals surface area contributed by atoms with Gasteiger partial charge in [0.2, 0.25) is 0 Å². The smallest absolute Gasteiger partial charge is 0.0622 e. The second kappa shape index (κ2) is 14.1. The molecule has 1 heterocycles. The molecule has 8 aromatic rings. The fourth-order valence-corrected chi connectivity index (χ4v) is 17.4. The highest BCUT2D eigenvalue weighted by Crippen LogP contribution is 2.63. The summed E-state index contributed by atoms with van der Waals surface area (Å²) in [6, 6.07) is 61.4. The number of anilines is 3. The molecule has 0 spiro atoms. The second-order valence-corrected chi connectivity index (χ2v) is 23.8. The normalized spacial score (nSPS) is 29.2. The molecule has 2 nitrogen and oxygen atoms in total. The van der Waals surface area contributed by atoms with Gasteiger partial charge in [-0.2, -0.15) is 0 Å². The third-order valence-electron chi connectivity index (χ3n) is 19.5. The molecule has 67 heavy (non-hydrogen) atoms. The summed E-state index contributed by atoms with van der Waals surface area (Å²) in [7, 11) is 0. The van der Waals surface area contributed by atoms with Crippen LogP contribution in [0.3, 0.4) is 0 Å². The van der Waals surface area contributed by atoms with E-state index in [-0.39, 0.29) is 5.41 Å². The van der Waals surface area contributed by atoms with Gasteiger partial charge in [0, 0.05) is 44.5 Å². The van der Waals surface area contributed by atoms with Crippen LogP contribution < -0.4 is 4.90 Å². The van der Waals surface area contributed by atoms with E-state index in [4.69, 9.17) is 0 Å². The van der Waals surface area contributed by atoms with Crippen molar-refractivity contribution in [1.29, 1.82) is 0 Å². The van der Waals surface area contributed by atoms with Gasteiger partial charge in [0.25, 0.3) is 0 Å². The summed E-state index contributed by atoms with van der Waals surface area (Å²) >= 11 is 0. The Morgan fingerprint density at radius 2 is 0.940 bits per heavy atom. The van der Waals surface area contributed by atoms with Gasteiger partial charge in [-0.25, -0.2) is 0 Å². The highest BCUT2D eigenvalue weighted by Gasteiger charge is 2.53. The fourth-order valence-electron chi connectivity index (χ4n) is 17.4. The van der Waals surface area contributed by atoms with Gasteiger partial charge in [0.05, 0.1) is 11.0 Å². The number of para-hydroxylation sites is 1. The number of fused-ring (bicyclic) bond motifs is 7. The zero-order valence-electron chi connectivity index (χ0n) is 39.4. The van der Waals surface area contributed by atoms with E-state index < -0.39 is 0 Å². The van der Waals surface area contributed by atoms with E-state index >= 15 is 0 Å². The predicted octanol–water partition coefficient (Wildman–Crippen LogP) is 17.2. The maximum Gasteiger partial charge on any atom is 0.0622 e. The number of benzene rings is 7. The number of rotatable bonds is 7. The molecule has 17 rings (SSSR count). The molecule has 0 radical (unpaired) electrons. The van der Waals surface area contributed by atoms with Crippen LogP contribution in [0.5, 0.6) is 0 Å². The van der Waals surface area contributed by atoms with Crippen LogP contribution in [0.25, 0.3) is 49.7 Å². The van der Waals surface area contributed by atoms with E-state index in [0.29, 0.717) is 10.8 Å². The van der Waals surface area contributed by atoms with E-state index in [1.165, 1.54) is 155 Å². The maximum absolute atomic E-state index is 2.59. The van der Waals surface area contributed by atoms with Crippen LogP contribution in [-0.2, 0) is 16.2 Å². The Morgan fingerprint density at radius 3 is 1.48 bits per heavy atom. The Labute approximate surface area is 397 Å². The van der Waals surface area contributed by atoms with E-state index in [1.54, 1.807) is 11.1 Å². The molecule has 2 heteroatoms.